The van der Waals surface area contributed by atoms with Gasteiger partial charge >= 0.3 is 6.09 Å². The summed E-state index contributed by atoms with van der Waals surface area (Å²) in [6.45, 7) is 5.99. The molecule has 1 saturated carbocycles. The fraction of sp³-hybridized carbons (Fsp3) is 0.696. The van der Waals surface area contributed by atoms with Gasteiger partial charge < -0.3 is 19.6 Å². The first-order valence-corrected chi connectivity index (χ1v) is 11.5. The van der Waals surface area contributed by atoms with Crippen LogP contribution in [0.3, 0.4) is 0 Å². The molecule has 1 aromatic rings. The van der Waals surface area contributed by atoms with Crippen molar-refractivity contribution in [3.63, 3.8) is 0 Å². The van der Waals surface area contributed by atoms with Crippen molar-refractivity contribution in [1.29, 1.82) is 0 Å². The van der Waals surface area contributed by atoms with E-state index >= 15 is 0 Å². The second-order valence-electron chi connectivity index (χ2n) is 9.50. The van der Waals surface area contributed by atoms with Gasteiger partial charge in [0.15, 0.2) is 0 Å². The third kappa shape index (κ3) is 4.79. The molecule has 2 amide bonds. The van der Waals surface area contributed by atoms with Gasteiger partial charge in [-0.25, -0.2) is 9.78 Å². The van der Waals surface area contributed by atoms with Crippen molar-refractivity contribution >= 4 is 23.5 Å². The molecule has 3 heterocycles. The monoisotopic (exact) mass is 430 g/mol. The van der Waals surface area contributed by atoms with E-state index in [4.69, 9.17) is 4.74 Å². The van der Waals surface area contributed by atoms with E-state index in [9.17, 15) is 14.7 Å². The zero-order chi connectivity index (χ0) is 22.0. The third-order valence-electron chi connectivity index (χ3n) is 6.89. The number of aliphatic hydroxyl groups is 1. The number of likely N-dealkylation sites (tertiary alicyclic amines) is 1. The summed E-state index contributed by atoms with van der Waals surface area (Å²) >= 11 is 0. The minimum absolute atomic E-state index is 0.182. The van der Waals surface area contributed by atoms with Gasteiger partial charge in [0.2, 0.25) is 5.91 Å². The molecule has 2 aliphatic heterocycles. The minimum atomic E-state index is -0.492. The molecule has 4 rings (SSSR count). The van der Waals surface area contributed by atoms with Crippen LogP contribution in [-0.2, 0) is 9.53 Å². The number of anilines is 2. The summed E-state index contributed by atoms with van der Waals surface area (Å²) in [5, 5.41) is 12.5. The highest BCUT2D eigenvalue weighted by atomic mass is 16.6. The Morgan fingerprint density at radius 2 is 2.00 bits per heavy atom. The van der Waals surface area contributed by atoms with E-state index in [1.807, 2.05) is 12.1 Å². The van der Waals surface area contributed by atoms with Gasteiger partial charge in [0.1, 0.15) is 5.82 Å². The van der Waals surface area contributed by atoms with Crippen LogP contribution < -0.4 is 10.2 Å². The van der Waals surface area contributed by atoms with Gasteiger partial charge in [0.05, 0.1) is 29.5 Å². The highest BCUT2D eigenvalue weighted by Gasteiger charge is 2.50. The van der Waals surface area contributed by atoms with E-state index in [0.29, 0.717) is 12.2 Å². The fourth-order valence-corrected chi connectivity index (χ4v) is 5.28. The molecule has 2 N–H and O–H groups in total. The van der Waals surface area contributed by atoms with E-state index in [2.05, 4.69) is 20.1 Å². The van der Waals surface area contributed by atoms with Crippen LogP contribution in [0.4, 0.5) is 16.3 Å². The Labute approximate surface area is 184 Å². The number of carbonyl (C=O) groups excluding carboxylic acids is 2. The van der Waals surface area contributed by atoms with Crippen molar-refractivity contribution in [3.05, 3.63) is 18.3 Å². The number of piperidine rings is 1. The molecule has 1 aromatic heterocycles. The van der Waals surface area contributed by atoms with Crippen LogP contribution in [0.25, 0.3) is 0 Å². The summed E-state index contributed by atoms with van der Waals surface area (Å²) < 4.78 is 5.10. The second kappa shape index (κ2) is 9.02. The van der Waals surface area contributed by atoms with Gasteiger partial charge in [0, 0.05) is 25.7 Å². The maximum Gasteiger partial charge on any atom is 0.411 e. The summed E-state index contributed by atoms with van der Waals surface area (Å²) in [5.41, 5.74) is 0.261. The number of pyridine rings is 1. The average Bonchev–Trinajstić information content (AvgIpc) is 3.04. The maximum atomic E-state index is 13.5. The molecule has 1 spiro atoms. The highest BCUT2D eigenvalue weighted by molar-refractivity contribution is 5.86. The number of hydrogen-bond donors (Lipinski definition) is 2. The molecular weight excluding hydrogens is 396 g/mol. The second-order valence-corrected chi connectivity index (χ2v) is 9.50. The number of aromatic nitrogens is 1. The van der Waals surface area contributed by atoms with Crippen molar-refractivity contribution in [2.45, 2.75) is 77.0 Å². The largest absolute Gasteiger partial charge is 0.447 e. The van der Waals surface area contributed by atoms with Crippen LogP contribution in [0.15, 0.2) is 18.3 Å². The molecule has 31 heavy (non-hydrogen) atoms. The summed E-state index contributed by atoms with van der Waals surface area (Å²) in [6, 6.07) is 3.99. The normalized spacial score (nSPS) is 29.0. The SMILES string of the molecule is CC(C)OC(=O)Nc1ccc(N2CCC[C@]3(CCN([C@H]4CC[C@H](O)CC4)C3=O)C2)nc1. The zero-order valence-corrected chi connectivity index (χ0v) is 18.5. The average molecular weight is 431 g/mol. The summed E-state index contributed by atoms with van der Waals surface area (Å²) in [6.07, 6.45) is 6.93. The van der Waals surface area contributed by atoms with E-state index in [1.54, 1.807) is 20.0 Å². The molecule has 1 aliphatic carbocycles. The van der Waals surface area contributed by atoms with E-state index in [0.717, 1.165) is 63.9 Å². The molecule has 8 heteroatoms. The number of carbonyl (C=O) groups is 2. The first-order valence-electron chi connectivity index (χ1n) is 11.5. The van der Waals surface area contributed by atoms with Crippen molar-refractivity contribution in [2.24, 2.45) is 5.41 Å². The number of hydrogen-bond acceptors (Lipinski definition) is 6. The maximum absolute atomic E-state index is 13.5. The van der Waals surface area contributed by atoms with Crippen molar-refractivity contribution < 1.29 is 19.4 Å². The molecule has 3 aliphatic rings. The van der Waals surface area contributed by atoms with Gasteiger partial charge in [-0.1, -0.05) is 0 Å². The standard InChI is InChI=1S/C23H34N4O4/c1-16(2)31-22(30)25-17-4-9-20(24-14-17)26-12-3-10-23(15-26)11-13-27(21(23)29)18-5-7-19(28)8-6-18/h4,9,14,16,18-19,28H,3,5-8,10-13,15H2,1-2H3,(H,25,30)/t18-,19-,23-/m0/s1. The zero-order valence-electron chi connectivity index (χ0n) is 18.5. The molecule has 2 saturated heterocycles. The molecular formula is C23H34N4O4. The molecule has 170 valence electrons. The topological polar surface area (TPSA) is 95.0 Å². The lowest BCUT2D eigenvalue weighted by molar-refractivity contribution is -0.139. The van der Waals surface area contributed by atoms with E-state index in [1.165, 1.54) is 0 Å². The van der Waals surface area contributed by atoms with Crippen LogP contribution in [0.2, 0.25) is 0 Å². The van der Waals surface area contributed by atoms with Crippen LogP contribution in [0.5, 0.6) is 0 Å². The van der Waals surface area contributed by atoms with Crippen LogP contribution in [0, 0.1) is 5.41 Å². The lowest BCUT2D eigenvalue weighted by Gasteiger charge is -2.41. The third-order valence-corrected chi connectivity index (χ3v) is 6.89. The predicted molar refractivity (Wildman–Crippen MR) is 118 cm³/mol. The van der Waals surface area contributed by atoms with Crippen molar-refractivity contribution in [1.82, 2.24) is 9.88 Å². The summed E-state index contributed by atoms with van der Waals surface area (Å²) in [5.74, 6) is 1.11. The Bertz CT molecular complexity index is 791. The van der Waals surface area contributed by atoms with Gasteiger partial charge in [-0.2, -0.15) is 0 Å². The quantitative estimate of drug-likeness (QED) is 0.762. The molecule has 1 atom stereocenters. The minimum Gasteiger partial charge on any atom is -0.447 e. The highest BCUT2D eigenvalue weighted by Crippen LogP contribution is 2.43. The Hall–Kier alpha value is -2.35. The summed E-state index contributed by atoms with van der Waals surface area (Å²) in [4.78, 5) is 34.1. The Balaban J connectivity index is 1.39. The Morgan fingerprint density at radius 1 is 1.23 bits per heavy atom. The molecule has 0 bridgehead atoms. The molecule has 8 nitrogen and oxygen atoms in total. The Kier molecular flexibility index (Phi) is 6.36. The lowest BCUT2D eigenvalue weighted by atomic mass is 9.78. The number of rotatable bonds is 4. The summed E-state index contributed by atoms with van der Waals surface area (Å²) in [7, 11) is 0. The van der Waals surface area contributed by atoms with Gasteiger partial charge in [-0.15, -0.1) is 0 Å². The van der Waals surface area contributed by atoms with E-state index < -0.39 is 6.09 Å². The van der Waals surface area contributed by atoms with Crippen LogP contribution in [-0.4, -0.2) is 64.9 Å². The van der Waals surface area contributed by atoms with E-state index in [-0.39, 0.29) is 29.6 Å². The number of ether oxygens (including phenoxy) is 1. The smallest absolute Gasteiger partial charge is 0.411 e. The lowest BCUT2D eigenvalue weighted by Crippen LogP contribution is -2.50. The molecule has 0 radical (unpaired) electrons. The molecule has 0 unspecified atom stereocenters. The number of nitrogens with zero attached hydrogens (tertiary/aromatic N) is 3. The number of nitrogens with one attached hydrogen (secondary N) is 1. The fourth-order valence-electron chi connectivity index (χ4n) is 5.28. The van der Waals surface area contributed by atoms with Gasteiger partial charge in [0.25, 0.3) is 0 Å². The first kappa shape index (κ1) is 21.9. The molecule has 3 fully saturated rings. The van der Waals surface area contributed by atoms with Crippen molar-refractivity contribution in [2.75, 3.05) is 29.9 Å². The van der Waals surface area contributed by atoms with Gasteiger partial charge in [-0.3, -0.25) is 10.1 Å². The van der Waals surface area contributed by atoms with Crippen LogP contribution in [0.1, 0.15) is 58.8 Å². The molecule has 0 aromatic carbocycles. The number of aliphatic hydroxyl groups excluding tert-OH is 1. The first-order chi connectivity index (χ1) is 14.9. The van der Waals surface area contributed by atoms with Crippen LogP contribution >= 0.6 is 0 Å². The van der Waals surface area contributed by atoms with Gasteiger partial charge in [-0.05, 0) is 70.9 Å². The Morgan fingerprint density at radius 3 is 2.68 bits per heavy atom. The predicted octanol–water partition coefficient (Wildman–Crippen LogP) is 3.16. The number of amides is 2. The van der Waals surface area contributed by atoms with Crippen molar-refractivity contribution in [3.8, 4) is 0 Å².